The number of rotatable bonds is 4. The maximum Gasteiger partial charge on any atom is 0.349 e. The number of esters is 1. The maximum absolute atomic E-state index is 12.6. The SMILES string of the molecule is CCN(C)S(=O)(=O)c1c(C(=O)OC)sc2ccccc12. The molecule has 20 heavy (non-hydrogen) atoms. The van der Waals surface area contributed by atoms with E-state index < -0.39 is 16.0 Å². The molecular weight excluding hydrogens is 298 g/mol. The Morgan fingerprint density at radius 3 is 2.60 bits per heavy atom. The number of thiophene rings is 1. The van der Waals surface area contributed by atoms with Crippen LogP contribution >= 0.6 is 11.3 Å². The van der Waals surface area contributed by atoms with E-state index in [0.717, 1.165) is 16.0 Å². The van der Waals surface area contributed by atoms with Crippen LogP contribution in [-0.4, -0.2) is 39.4 Å². The number of ether oxygens (including phenoxy) is 1. The lowest BCUT2D eigenvalue weighted by atomic mass is 10.2. The van der Waals surface area contributed by atoms with Crippen LogP contribution in [0.4, 0.5) is 0 Å². The highest BCUT2D eigenvalue weighted by atomic mass is 32.2. The number of carbonyl (C=O) groups excluding carboxylic acids is 1. The molecule has 0 saturated carbocycles. The Bertz CT molecular complexity index is 749. The Hall–Kier alpha value is -1.44. The topological polar surface area (TPSA) is 63.7 Å². The van der Waals surface area contributed by atoms with Crippen LogP contribution in [0.5, 0.6) is 0 Å². The van der Waals surface area contributed by atoms with Crippen LogP contribution in [0.2, 0.25) is 0 Å². The molecule has 2 aromatic rings. The molecule has 7 heteroatoms. The first-order valence-corrected chi connectivity index (χ1v) is 8.25. The van der Waals surface area contributed by atoms with E-state index in [0.29, 0.717) is 11.9 Å². The fraction of sp³-hybridized carbons (Fsp3) is 0.308. The number of hydrogen-bond donors (Lipinski definition) is 0. The minimum Gasteiger partial charge on any atom is -0.465 e. The van der Waals surface area contributed by atoms with Gasteiger partial charge >= 0.3 is 5.97 Å². The fourth-order valence-electron chi connectivity index (χ4n) is 1.83. The molecule has 0 saturated heterocycles. The minimum atomic E-state index is -3.72. The molecule has 0 bridgehead atoms. The monoisotopic (exact) mass is 313 g/mol. The summed E-state index contributed by atoms with van der Waals surface area (Å²) in [6.07, 6.45) is 0. The zero-order valence-electron chi connectivity index (χ0n) is 11.4. The van der Waals surface area contributed by atoms with E-state index in [-0.39, 0.29) is 9.77 Å². The molecule has 0 aliphatic rings. The van der Waals surface area contributed by atoms with E-state index >= 15 is 0 Å². The van der Waals surface area contributed by atoms with Gasteiger partial charge in [0.05, 0.1) is 7.11 Å². The lowest BCUT2D eigenvalue weighted by molar-refractivity contribution is 0.0602. The van der Waals surface area contributed by atoms with Crippen molar-refractivity contribution in [3.8, 4) is 0 Å². The van der Waals surface area contributed by atoms with Gasteiger partial charge in [0.2, 0.25) is 10.0 Å². The van der Waals surface area contributed by atoms with Crippen molar-refractivity contribution >= 4 is 37.4 Å². The summed E-state index contributed by atoms with van der Waals surface area (Å²) in [7, 11) is -0.984. The lowest BCUT2D eigenvalue weighted by Gasteiger charge is -2.15. The number of nitrogens with zero attached hydrogens (tertiary/aromatic N) is 1. The Morgan fingerprint density at radius 2 is 2.00 bits per heavy atom. The average Bonchev–Trinajstić information content (AvgIpc) is 2.85. The Morgan fingerprint density at radius 1 is 1.35 bits per heavy atom. The van der Waals surface area contributed by atoms with Gasteiger partial charge in [0.1, 0.15) is 9.77 Å². The summed E-state index contributed by atoms with van der Waals surface area (Å²) in [5.41, 5.74) is 0. The summed E-state index contributed by atoms with van der Waals surface area (Å²) in [4.78, 5) is 12.0. The summed E-state index contributed by atoms with van der Waals surface area (Å²) >= 11 is 1.13. The maximum atomic E-state index is 12.6. The quantitative estimate of drug-likeness (QED) is 0.813. The second-order valence-corrected chi connectivity index (χ2v) is 7.20. The third-order valence-corrected chi connectivity index (χ3v) is 6.33. The van der Waals surface area contributed by atoms with Gasteiger partial charge in [-0.25, -0.2) is 17.5 Å². The predicted molar refractivity (Wildman–Crippen MR) is 78.7 cm³/mol. The first-order valence-electron chi connectivity index (χ1n) is 5.99. The molecule has 1 aromatic heterocycles. The van der Waals surface area contributed by atoms with Crippen molar-refractivity contribution < 1.29 is 17.9 Å². The van der Waals surface area contributed by atoms with E-state index in [2.05, 4.69) is 0 Å². The highest BCUT2D eigenvalue weighted by molar-refractivity contribution is 7.89. The molecule has 5 nitrogen and oxygen atoms in total. The number of benzene rings is 1. The first-order chi connectivity index (χ1) is 9.43. The smallest absolute Gasteiger partial charge is 0.349 e. The summed E-state index contributed by atoms with van der Waals surface area (Å²) in [5.74, 6) is -0.630. The van der Waals surface area contributed by atoms with Crippen molar-refractivity contribution in [1.82, 2.24) is 4.31 Å². The van der Waals surface area contributed by atoms with Gasteiger partial charge < -0.3 is 4.74 Å². The van der Waals surface area contributed by atoms with Gasteiger partial charge in [-0.1, -0.05) is 25.1 Å². The summed E-state index contributed by atoms with van der Waals surface area (Å²) < 4.78 is 31.9. The van der Waals surface area contributed by atoms with Gasteiger partial charge in [-0.3, -0.25) is 0 Å². The predicted octanol–water partition coefficient (Wildman–Crippen LogP) is 2.33. The van der Waals surface area contributed by atoms with E-state index in [4.69, 9.17) is 4.74 Å². The molecular formula is C13H15NO4S2. The second-order valence-electron chi connectivity index (χ2n) is 4.17. The van der Waals surface area contributed by atoms with Crippen molar-refractivity contribution in [3.63, 3.8) is 0 Å². The molecule has 1 aromatic carbocycles. The largest absolute Gasteiger partial charge is 0.465 e. The Labute approximate surface area is 121 Å². The van der Waals surface area contributed by atoms with Crippen LogP contribution in [0.25, 0.3) is 10.1 Å². The summed E-state index contributed by atoms with van der Waals surface area (Å²) in [5, 5.41) is 0.554. The third kappa shape index (κ3) is 2.32. The van der Waals surface area contributed by atoms with Gasteiger partial charge in [-0.05, 0) is 6.07 Å². The highest BCUT2D eigenvalue weighted by Crippen LogP contribution is 2.36. The van der Waals surface area contributed by atoms with E-state index in [1.165, 1.54) is 18.5 Å². The van der Waals surface area contributed by atoms with Crippen LogP contribution in [0.3, 0.4) is 0 Å². The van der Waals surface area contributed by atoms with Crippen molar-refractivity contribution in [1.29, 1.82) is 0 Å². The molecule has 0 fully saturated rings. The first kappa shape index (κ1) is 15.0. The van der Waals surface area contributed by atoms with E-state index in [1.54, 1.807) is 31.2 Å². The number of fused-ring (bicyclic) bond motifs is 1. The normalized spacial score (nSPS) is 12.0. The van der Waals surface area contributed by atoms with E-state index in [1.807, 2.05) is 0 Å². The van der Waals surface area contributed by atoms with Gasteiger partial charge in [-0.2, -0.15) is 0 Å². The molecule has 2 rings (SSSR count). The molecule has 0 amide bonds. The number of sulfonamides is 1. The van der Waals surface area contributed by atoms with Crippen LogP contribution < -0.4 is 0 Å². The van der Waals surface area contributed by atoms with Crippen LogP contribution in [-0.2, 0) is 14.8 Å². The van der Waals surface area contributed by atoms with Crippen LogP contribution in [0.15, 0.2) is 29.2 Å². The van der Waals surface area contributed by atoms with Crippen molar-refractivity contribution in [3.05, 3.63) is 29.1 Å². The Balaban J connectivity index is 2.82. The molecule has 0 N–H and O–H groups in total. The molecule has 0 aliphatic carbocycles. The molecule has 0 aliphatic heterocycles. The molecule has 0 unspecified atom stereocenters. The number of methoxy groups -OCH3 is 1. The summed E-state index contributed by atoms with van der Waals surface area (Å²) in [6, 6.07) is 7.05. The van der Waals surface area contributed by atoms with Crippen LogP contribution in [0.1, 0.15) is 16.6 Å². The zero-order valence-corrected chi connectivity index (χ0v) is 13.0. The van der Waals surface area contributed by atoms with E-state index in [9.17, 15) is 13.2 Å². The minimum absolute atomic E-state index is 0.0364. The Kier molecular flexibility index (Phi) is 4.12. The standard InChI is InChI=1S/C13H15NO4S2/c1-4-14(2)20(16,17)12-9-7-5-6-8-10(9)19-11(12)13(15)18-3/h5-8H,4H2,1-3H3. The fourth-order valence-corrected chi connectivity index (χ4v) is 4.78. The molecule has 1 heterocycles. The lowest BCUT2D eigenvalue weighted by Crippen LogP contribution is -2.27. The van der Waals surface area contributed by atoms with Crippen molar-refractivity contribution in [2.75, 3.05) is 20.7 Å². The average molecular weight is 313 g/mol. The van der Waals surface area contributed by atoms with Gasteiger partial charge in [0.15, 0.2) is 0 Å². The molecule has 0 radical (unpaired) electrons. The third-order valence-electron chi connectivity index (χ3n) is 3.03. The number of hydrogen-bond acceptors (Lipinski definition) is 5. The number of carbonyl (C=O) groups is 1. The molecule has 0 atom stereocenters. The molecule has 0 spiro atoms. The zero-order chi connectivity index (χ0) is 14.9. The van der Waals surface area contributed by atoms with Crippen LogP contribution in [0, 0.1) is 0 Å². The highest BCUT2D eigenvalue weighted by Gasteiger charge is 2.31. The van der Waals surface area contributed by atoms with Gasteiger partial charge in [0.25, 0.3) is 0 Å². The van der Waals surface area contributed by atoms with Crippen molar-refractivity contribution in [2.45, 2.75) is 11.8 Å². The van der Waals surface area contributed by atoms with Gasteiger partial charge in [0, 0.05) is 23.7 Å². The second kappa shape index (κ2) is 5.51. The van der Waals surface area contributed by atoms with Gasteiger partial charge in [-0.15, -0.1) is 11.3 Å². The summed E-state index contributed by atoms with van der Waals surface area (Å²) in [6.45, 7) is 2.07. The van der Waals surface area contributed by atoms with Crippen molar-refractivity contribution in [2.24, 2.45) is 0 Å². The molecule has 108 valence electrons.